The molecule has 0 unspecified atom stereocenters. The quantitative estimate of drug-likeness (QED) is 0.669. The summed E-state index contributed by atoms with van der Waals surface area (Å²) in [6.07, 6.45) is 0. The van der Waals surface area contributed by atoms with E-state index in [1.165, 1.54) is 0 Å². The van der Waals surface area contributed by atoms with E-state index in [9.17, 15) is 5.21 Å². The molecule has 0 amide bonds. The Morgan fingerprint density at radius 2 is 1.78 bits per heavy atom. The number of hydrogen-bond donors (Lipinski definition) is 1. The van der Waals surface area contributed by atoms with Crippen molar-refractivity contribution in [2.45, 2.75) is 13.8 Å². The van der Waals surface area contributed by atoms with Crippen LogP contribution in [0.4, 0.5) is 0 Å². The topological polar surface area (TPSA) is 55.7 Å². The number of aromatic nitrogens is 1. The minimum atomic E-state index is 0.367. The lowest BCUT2D eigenvalue weighted by Gasteiger charge is -2.06. The molecule has 18 heavy (non-hydrogen) atoms. The van der Waals surface area contributed by atoms with Gasteiger partial charge in [0.15, 0.2) is 17.3 Å². The molecule has 2 aromatic rings. The van der Waals surface area contributed by atoms with Crippen LogP contribution in [0.15, 0.2) is 22.6 Å². The molecule has 0 saturated carbocycles. The predicted molar refractivity (Wildman–Crippen MR) is 64.1 cm³/mol. The van der Waals surface area contributed by atoms with Crippen LogP contribution in [0.5, 0.6) is 11.5 Å². The van der Waals surface area contributed by atoms with Crippen LogP contribution in [0.25, 0.3) is 11.5 Å². The third-order valence-electron chi connectivity index (χ3n) is 2.90. The SMILES string of the molecule is COc1ccc(-c2oc(C)c(C)[n+]2O)cc1OC. The van der Waals surface area contributed by atoms with Crippen molar-refractivity contribution in [3.8, 4) is 23.0 Å². The molecule has 0 spiro atoms. The highest BCUT2D eigenvalue weighted by Crippen LogP contribution is 2.31. The molecule has 5 nitrogen and oxygen atoms in total. The summed E-state index contributed by atoms with van der Waals surface area (Å²) in [7, 11) is 3.14. The van der Waals surface area contributed by atoms with Crippen molar-refractivity contribution in [2.24, 2.45) is 0 Å². The first-order valence-electron chi connectivity index (χ1n) is 5.52. The fourth-order valence-electron chi connectivity index (χ4n) is 1.71. The molecule has 0 radical (unpaired) electrons. The lowest BCUT2D eigenvalue weighted by Crippen LogP contribution is -2.33. The molecule has 0 aliphatic heterocycles. The third kappa shape index (κ3) is 1.88. The Labute approximate surface area is 105 Å². The number of aryl methyl sites for hydroxylation is 1. The van der Waals surface area contributed by atoms with Crippen LogP contribution in [0.2, 0.25) is 0 Å². The van der Waals surface area contributed by atoms with Gasteiger partial charge in [-0.3, -0.25) is 5.21 Å². The molecule has 96 valence electrons. The van der Waals surface area contributed by atoms with Gasteiger partial charge in [-0.15, -0.1) is 0 Å². The van der Waals surface area contributed by atoms with Gasteiger partial charge < -0.3 is 13.9 Å². The van der Waals surface area contributed by atoms with E-state index < -0.39 is 0 Å². The molecule has 0 fully saturated rings. The zero-order valence-corrected chi connectivity index (χ0v) is 10.9. The van der Waals surface area contributed by atoms with Gasteiger partial charge >= 0.3 is 5.89 Å². The Balaban J connectivity index is 2.54. The average molecular weight is 250 g/mol. The molecular weight excluding hydrogens is 234 g/mol. The van der Waals surface area contributed by atoms with E-state index in [4.69, 9.17) is 13.9 Å². The Kier molecular flexibility index (Phi) is 3.14. The third-order valence-corrected chi connectivity index (χ3v) is 2.90. The molecule has 1 aromatic heterocycles. The molecule has 0 saturated heterocycles. The van der Waals surface area contributed by atoms with E-state index in [0.717, 1.165) is 4.73 Å². The molecule has 0 bridgehead atoms. The number of methoxy groups -OCH3 is 2. The first-order chi connectivity index (χ1) is 8.58. The minimum Gasteiger partial charge on any atom is -0.493 e. The first-order valence-corrected chi connectivity index (χ1v) is 5.52. The lowest BCUT2D eigenvalue weighted by atomic mass is 10.2. The van der Waals surface area contributed by atoms with Crippen molar-refractivity contribution in [1.29, 1.82) is 0 Å². The Bertz CT molecular complexity index is 575. The molecule has 1 heterocycles. The van der Waals surface area contributed by atoms with Gasteiger partial charge in [0.2, 0.25) is 0 Å². The number of benzene rings is 1. The maximum absolute atomic E-state index is 9.91. The number of hydrogen-bond acceptors (Lipinski definition) is 4. The summed E-state index contributed by atoms with van der Waals surface area (Å²) in [4.78, 5) is 0. The summed E-state index contributed by atoms with van der Waals surface area (Å²) in [5.74, 6) is 2.25. The summed E-state index contributed by atoms with van der Waals surface area (Å²) < 4.78 is 16.9. The van der Waals surface area contributed by atoms with E-state index in [2.05, 4.69) is 0 Å². The normalized spacial score (nSPS) is 10.4. The molecule has 1 N–H and O–H groups in total. The minimum absolute atomic E-state index is 0.367. The lowest BCUT2D eigenvalue weighted by molar-refractivity contribution is -0.901. The van der Waals surface area contributed by atoms with E-state index in [1.54, 1.807) is 46.3 Å². The van der Waals surface area contributed by atoms with Gasteiger partial charge in [0.25, 0.3) is 5.69 Å². The van der Waals surface area contributed by atoms with Crippen LogP contribution >= 0.6 is 0 Å². The van der Waals surface area contributed by atoms with Gasteiger partial charge in [0, 0.05) is 19.9 Å². The Morgan fingerprint density at radius 3 is 2.28 bits per heavy atom. The summed E-state index contributed by atoms with van der Waals surface area (Å²) in [6.45, 7) is 3.58. The summed E-state index contributed by atoms with van der Waals surface area (Å²) in [5, 5.41) is 9.91. The predicted octanol–water partition coefficient (Wildman–Crippen LogP) is 2.11. The molecule has 0 atom stereocenters. The Morgan fingerprint density at radius 1 is 1.11 bits per heavy atom. The maximum atomic E-state index is 9.91. The number of ether oxygens (including phenoxy) is 2. The second kappa shape index (κ2) is 4.60. The molecule has 1 aromatic carbocycles. The van der Waals surface area contributed by atoms with Gasteiger partial charge in [-0.1, -0.05) is 0 Å². The van der Waals surface area contributed by atoms with E-state index in [-0.39, 0.29) is 0 Å². The highest BCUT2D eigenvalue weighted by atomic mass is 16.5. The monoisotopic (exact) mass is 250 g/mol. The highest BCUT2D eigenvalue weighted by Gasteiger charge is 2.26. The zero-order valence-electron chi connectivity index (χ0n) is 10.9. The number of nitrogens with zero attached hydrogens (tertiary/aromatic N) is 1. The van der Waals surface area contributed by atoms with Crippen molar-refractivity contribution in [3.63, 3.8) is 0 Å². The fourth-order valence-corrected chi connectivity index (χ4v) is 1.71. The van der Waals surface area contributed by atoms with E-state index in [0.29, 0.717) is 34.4 Å². The smallest absolute Gasteiger partial charge is 0.429 e. The molecular formula is C13H16NO4+. The van der Waals surface area contributed by atoms with Crippen molar-refractivity contribution in [2.75, 3.05) is 14.2 Å². The van der Waals surface area contributed by atoms with Gasteiger partial charge in [-0.25, -0.2) is 0 Å². The van der Waals surface area contributed by atoms with Gasteiger partial charge in [0.05, 0.1) is 24.5 Å². The Hall–Kier alpha value is -2.17. The van der Waals surface area contributed by atoms with Gasteiger partial charge in [-0.2, -0.15) is 0 Å². The van der Waals surface area contributed by atoms with Gasteiger partial charge in [0.1, 0.15) is 0 Å². The first kappa shape index (κ1) is 12.3. The van der Waals surface area contributed by atoms with E-state index in [1.807, 2.05) is 0 Å². The summed E-state index contributed by atoms with van der Waals surface area (Å²) >= 11 is 0. The van der Waals surface area contributed by atoms with Crippen molar-refractivity contribution >= 4 is 0 Å². The fraction of sp³-hybridized carbons (Fsp3) is 0.308. The number of oxazole rings is 1. The second-order valence-corrected chi connectivity index (χ2v) is 3.93. The highest BCUT2D eigenvalue weighted by molar-refractivity contribution is 5.58. The van der Waals surface area contributed by atoms with Crippen LogP contribution in [0.3, 0.4) is 0 Å². The summed E-state index contributed by atoms with van der Waals surface area (Å²) in [5.41, 5.74) is 1.38. The van der Waals surface area contributed by atoms with Crippen molar-refractivity contribution in [3.05, 3.63) is 29.7 Å². The van der Waals surface area contributed by atoms with Crippen molar-refractivity contribution < 1.29 is 23.8 Å². The van der Waals surface area contributed by atoms with Crippen LogP contribution in [-0.2, 0) is 0 Å². The molecule has 2 rings (SSSR count). The molecule has 0 aliphatic carbocycles. The van der Waals surface area contributed by atoms with Crippen LogP contribution in [0, 0.1) is 13.8 Å². The average Bonchev–Trinajstić information content (AvgIpc) is 2.65. The second-order valence-electron chi connectivity index (χ2n) is 3.93. The van der Waals surface area contributed by atoms with Crippen LogP contribution in [-0.4, -0.2) is 19.4 Å². The molecule has 0 aliphatic rings. The van der Waals surface area contributed by atoms with Crippen LogP contribution < -0.4 is 14.2 Å². The standard InChI is InChI=1S/C13H16NO4/c1-8-9(2)18-13(14(8)15)10-5-6-11(16-3)12(7-10)17-4/h5-7,15H,1-4H3/q+1. The van der Waals surface area contributed by atoms with E-state index >= 15 is 0 Å². The number of rotatable bonds is 3. The van der Waals surface area contributed by atoms with Crippen molar-refractivity contribution in [1.82, 2.24) is 0 Å². The maximum Gasteiger partial charge on any atom is 0.429 e. The zero-order chi connectivity index (χ0) is 13.3. The van der Waals surface area contributed by atoms with Gasteiger partial charge in [-0.05, 0) is 12.1 Å². The largest absolute Gasteiger partial charge is 0.493 e. The van der Waals surface area contributed by atoms with Crippen LogP contribution in [0.1, 0.15) is 11.5 Å². The molecule has 5 heteroatoms. The summed E-state index contributed by atoms with van der Waals surface area (Å²) in [6, 6.07) is 5.32.